The van der Waals surface area contributed by atoms with Crippen LogP contribution in [0.3, 0.4) is 0 Å². The first-order valence-corrected chi connectivity index (χ1v) is 5.23. The van der Waals surface area contributed by atoms with Crippen LogP contribution in [0, 0.1) is 0 Å². The molecule has 0 aromatic carbocycles. The molecule has 0 aromatic heterocycles. The summed E-state index contributed by atoms with van der Waals surface area (Å²) >= 11 is 5.99. The number of halogens is 1. The van der Waals surface area contributed by atoms with Gasteiger partial charge >= 0.3 is 8.25 Å². The van der Waals surface area contributed by atoms with E-state index < -0.39 is 13.1 Å². The second-order valence-corrected chi connectivity index (χ2v) is 4.03. The van der Waals surface area contributed by atoms with Gasteiger partial charge in [0, 0.05) is 0 Å². The van der Waals surface area contributed by atoms with E-state index in [1.807, 2.05) is 13.8 Å². The van der Waals surface area contributed by atoms with E-state index in [9.17, 15) is 4.57 Å². The molecule has 0 rings (SSSR count). The third kappa shape index (κ3) is 4.81. The molecule has 0 aliphatic heterocycles. The molecule has 0 aromatic rings. The van der Waals surface area contributed by atoms with Crippen molar-refractivity contribution in [3.63, 3.8) is 0 Å². The highest BCUT2D eigenvalue weighted by Gasteiger charge is 2.23. The van der Waals surface area contributed by atoms with Gasteiger partial charge in [0.1, 0.15) is 0 Å². The fraction of sp³-hybridized carbons (Fsp3) is 1.00. The van der Waals surface area contributed by atoms with E-state index in [1.54, 1.807) is 0 Å². The number of rotatable bonds is 5. The monoisotopic (exact) mass is 200 g/mol. The Labute approximate surface area is 72.7 Å². The van der Waals surface area contributed by atoms with Crippen molar-refractivity contribution in [3.05, 3.63) is 0 Å². The van der Waals surface area contributed by atoms with Gasteiger partial charge in [0.05, 0.1) is 11.5 Å². The summed E-state index contributed by atoms with van der Waals surface area (Å²) in [6.07, 6.45) is 1.47. The van der Waals surface area contributed by atoms with Crippen molar-refractivity contribution in [1.29, 1.82) is 0 Å². The zero-order valence-corrected chi connectivity index (χ0v) is 8.52. The van der Waals surface area contributed by atoms with Crippen LogP contribution in [0.1, 0.15) is 26.7 Å². The van der Waals surface area contributed by atoms with Gasteiger partial charge in [0.25, 0.3) is 0 Å². The fourth-order valence-electron chi connectivity index (χ4n) is 0.645. The quantitative estimate of drug-likeness (QED) is 0.547. The summed E-state index contributed by atoms with van der Waals surface area (Å²) in [5.74, 6) is 0. The maximum atomic E-state index is 10.2. The third-order valence-corrected chi connectivity index (χ3v) is 2.76. The molecule has 3 nitrogen and oxygen atoms in total. The Kier molecular flexibility index (Phi) is 5.36. The average Bonchev–Trinajstić information content (AvgIpc) is 2.00. The lowest BCUT2D eigenvalue weighted by molar-refractivity contribution is 0.238. The molecule has 0 fully saturated rings. The van der Waals surface area contributed by atoms with Crippen LogP contribution in [0.2, 0.25) is 0 Å². The standard InChI is InChI=1S/C6H14ClO3P/c1-3-6(7,4-2)5-10-11(8)9/h11H,3-5H2,1-2H3,(H,8,9). The van der Waals surface area contributed by atoms with E-state index in [1.165, 1.54) is 0 Å². The van der Waals surface area contributed by atoms with Gasteiger partial charge in [-0.1, -0.05) is 13.8 Å². The first kappa shape index (κ1) is 11.4. The third-order valence-electron chi connectivity index (χ3n) is 1.72. The smallest absolute Gasteiger partial charge is 0.316 e. The minimum Gasteiger partial charge on any atom is -0.326 e. The second-order valence-electron chi connectivity index (χ2n) is 2.41. The van der Waals surface area contributed by atoms with Gasteiger partial charge in [0.2, 0.25) is 0 Å². The van der Waals surface area contributed by atoms with Gasteiger partial charge in [-0.05, 0) is 12.8 Å². The van der Waals surface area contributed by atoms with Gasteiger partial charge < -0.3 is 9.42 Å². The molecular formula is C6H14ClO3P. The van der Waals surface area contributed by atoms with Crippen LogP contribution in [0.15, 0.2) is 0 Å². The van der Waals surface area contributed by atoms with E-state index in [0.717, 1.165) is 12.8 Å². The van der Waals surface area contributed by atoms with Gasteiger partial charge in [-0.3, -0.25) is 4.57 Å². The Morgan fingerprint density at radius 2 is 2.00 bits per heavy atom. The highest BCUT2D eigenvalue weighted by molar-refractivity contribution is 7.32. The number of hydrogen-bond donors (Lipinski definition) is 1. The van der Waals surface area contributed by atoms with Crippen LogP contribution in [0.4, 0.5) is 0 Å². The molecule has 0 radical (unpaired) electrons. The van der Waals surface area contributed by atoms with Crippen LogP contribution < -0.4 is 0 Å². The molecule has 0 spiro atoms. The molecule has 1 N–H and O–H groups in total. The molecule has 0 saturated heterocycles. The Morgan fingerprint density at radius 1 is 1.55 bits per heavy atom. The van der Waals surface area contributed by atoms with Gasteiger partial charge in [-0.2, -0.15) is 0 Å². The predicted octanol–water partition coefficient (Wildman–Crippen LogP) is 2.18. The van der Waals surface area contributed by atoms with E-state index >= 15 is 0 Å². The highest BCUT2D eigenvalue weighted by Crippen LogP contribution is 2.28. The molecule has 0 amide bonds. The SMILES string of the molecule is CCC(Cl)(CC)CO[PH](=O)O. The maximum Gasteiger partial charge on any atom is 0.316 e. The molecule has 0 saturated carbocycles. The summed E-state index contributed by atoms with van der Waals surface area (Å²) in [4.78, 5) is 7.90. The Hall–Kier alpha value is 0.440. The minimum atomic E-state index is -2.82. The highest BCUT2D eigenvalue weighted by atomic mass is 35.5. The van der Waals surface area contributed by atoms with Crippen molar-refractivity contribution in [2.24, 2.45) is 0 Å². The lowest BCUT2D eigenvalue weighted by Crippen LogP contribution is -2.24. The number of hydrogen-bond acceptors (Lipinski definition) is 2. The largest absolute Gasteiger partial charge is 0.326 e. The molecule has 11 heavy (non-hydrogen) atoms. The Balaban J connectivity index is 3.78. The fourth-order valence-corrected chi connectivity index (χ4v) is 1.19. The predicted molar refractivity (Wildman–Crippen MR) is 46.3 cm³/mol. The lowest BCUT2D eigenvalue weighted by Gasteiger charge is -2.22. The van der Waals surface area contributed by atoms with Crippen molar-refractivity contribution in [1.82, 2.24) is 0 Å². The van der Waals surface area contributed by atoms with Crippen molar-refractivity contribution in [2.75, 3.05) is 6.61 Å². The van der Waals surface area contributed by atoms with E-state index in [4.69, 9.17) is 16.5 Å². The molecule has 5 heteroatoms. The first-order valence-electron chi connectivity index (χ1n) is 3.58. The van der Waals surface area contributed by atoms with Gasteiger partial charge in [-0.15, -0.1) is 11.6 Å². The minimum absolute atomic E-state index is 0.149. The van der Waals surface area contributed by atoms with E-state index in [2.05, 4.69) is 4.52 Å². The van der Waals surface area contributed by atoms with Crippen LogP contribution in [0.5, 0.6) is 0 Å². The van der Waals surface area contributed by atoms with Gasteiger partial charge in [0.15, 0.2) is 0 Å². The normalized spacial score (nSPS) is 14.9. The van der Waals surface area contributed by atoms with Gasteiger partial charge in [-0.25, -0.2) is 0 Å². The molecule has 0 aliphatic rings. The summed E-state index contributed by atoms with van der Waals surface area (Å²) < 4.78 is 14.7. The maximum absolute atomic E-state index is 10.2. The van der Waals surface area contributed by atoms with Crippen LogP contribution in [-0.2, 0) is 9.09 Å². The Morgan fingerprint density at radius 3 is 2.27 bits per heavy atom. The summed E-state index contributed by atoms with van der Waals surface area (Å²) in [7, 11) is -2.82. The molecular weight excluding hydrogens is 186 g/mol. The lowest BCUT2D eigenvalue weighted by atomic mass is 10.0. The molecule has 1 atom stereocenters. The zero-order valence-electron chi connectivity index (χ0n) is 6.76. The van der Waals surface area contributed by atoms with Crippen LogP contribution in [0.25, 0.3) is 0 Å². The molecule has 1 unspecified atom stereocenters. The second kappa shape index (κ2) is 5.15. The van der Waals surface area contributed by atoms with Crippen LogP contribution in [-0.4, -0.2) is 16.4 Å². The molecule has 0 heterocycles. The first-order chi connectivity index (χ1) is 5.04. The number of alkyl halides is 1. The van der Waals surface area contributed by atoms with Crippen molar-refractivity contribution in [3.8, 4) is 0 Å². The summed E-state index contributed by atoms with van der Waals surface area (Å²) in [6, 6.07) is 0. The van der Waals surface area contributed by atoms with E-state index in [-0.39, 0.29) is 6.61 Å². The summed E-state index contributed by atoms with van der Waals surface area (Å²) in [6.45, 7) is 4.00. The summed E-state index contributed by atoms with van der Waals surface area (Å²) in [5.41, 5.74) is 0. The molecule has 0 aliphatic carbocycles. The summed E-state index contributed by atoms with van der Waals surface area (Å²) in [5, 5.41) is 0. The molecule has 0 bridgehead atoms. The topological polar surface area (TPSA) is 46.5 Å². The van der Waals surface area contributed by atoms with Crippen molar-refractivity contribution in [2.45, 2.75) is 31.6 Å². The molecule has 68 valence electrons. The van der Waals surface area contributed by atoms with E-state index in [0.29, 0.717) is 0 Å². The van der Waals surface area contributed by atoms with Crippen molar-refractivity contribution >= 4 is 19.9 Å². The van der Waals surface area contributed by atoms with Crippen LogP contribution >= 0.6 is 19.9 Å². The van der Waals surface area contributed by atoms with Crippen molar-refractivity contribution < 1.29 is 14.0 Å². The Bertz CT molecular complexity index is 136. The zero-order chi connectivity index (χ0) is 8.91. The average molecular weight is 201 g/mol.